The summed E-state index contributed by atoms with van der Waals surface area (Å²) in [6.07, 6.45) is 1.51. The summed E-state index contributed by atoms with van der Waals surface area (Å²) in [4.78, 5) is 35.1. The molecule has 1 atom stereocenters. The van der Waals surface area contributed by atoms with Gasteiger partial charge in [0.05, 0.1) is 22.1 Å². The third-order valence-corrected chi connectivity index (χ3v) is 5.28. The summed E-state index contributed by atoms with van der Waals surface area (Å²) in [5.41, 5.74) is 2.21. The number of benzene rings is 2. The highest BCUT2D eigenvalue weighted by Gasteiger charge is 2.30. The van der Waals surface area contributed by atoms with E-state index in [1.165, 1.54) is 23.0 Å². The van der Waals surface area contributed by atoms with Gasteiger partial charge in [-0.15, -0.1) is 0 Å². The number of thioether (sulfide) groups is 1. The van der Waals surface area contributed by atoms with E-state index in [9.17, 15) is 9.59 Å². The molecule has 1 unspecified atom stereocenters. The van der Waals surface area contributed by atoms with Crippen molar-refractivity contribution in [3.8, 4) is 0 Å². The zero-order valence-corrected chi connectivity index (χ0v) is 14.9. The number of carbonyl (C=O) groups is 2. The van der Waals surface area contributed by atoms with Gasteiger partial charge in [0.1, 0.15) is 17.9 Å². The highest BCUT2D eigenvalue weighted by Crippen LogP contribution is 2.33. The number of hydrogen-bond donors (Lipinski definition) is 1. The normalized spacial score (nSPS) is 14.7. The Morgan fingerprint density at radius 2 is 1.92 bits per heavy atom. The molecule has 0 radical (unpaired) electrons. The number of carbonyl (C=O) groups excluding carboxylic acids is 2. The van der Waals surface area contributed by atoms with Crippen LogP contribution >= 0.6 is 11.8 Å². The molecule has 4 rings (SSSR count). The predicted octanol–water partition coefficient (Wildman–Crippen LogP) is 3.10. The van der Waals surface area contributed by atoms with Gasteiger partial charge in [0, 0.05) is 5.39 Å². The highest BCUT2D eigenvalue weighted by atomic mass is 32.2. The number of rotatable bonds is 3. The third kappa shape index (κ3) is 3.01. The van der Waals surface area contributed by atoms with Crippen LogP contribution in [-0.2, 0) is 9.59 Å². The summed E-state index contributed by atoms with van der Waals surface area (Å²) < 4.78 is 0. The number of nitrogens with zero attached hydrogens (tertiary/aromatic N) is 3. The highest BCUT2D eigenvalue weighted by molar-refractivity contribution is 8.00. The van der Waals surface area contributed by atoms with Crippen molar-refractivity contribution >= 4 is 45.9 Å². The number of aromatic nitrogens is 2. The van der Waals surface area contributed by atoms with Gasteiger partial charge >= 0.3 is 0 Å². The Labute approximate surface area is 154 Å². The molecular formula is C19H16N4O2S. The van der Waals surface area contributed by atoms with Gasteiger partial charge in [0.15, 0.2) is 0 Å². The summed E-state index contributed by atoms with van der Waals surface area (Å²) in [6.45, 7) is 1.85. The van der Waals surface area contributed by atoms with E-state index in [4.69, 9.17) is 0 Å². The van der Waals surface area contributed by atoms with Crippen LogP contribution in [0.2, 0.25) is 0 Å². The zero-order valence-electron chi connectivity index (χ0n) is 14.0. The van der Waals surface area contributed by atoms with Crippen molar-refractivity contribution in [3.63, 3.8) is 0 Å². The van der Waals surface area contributed by atoms with E-state index < -0.39 is 5.25 Å². The Bertz CT molecular complexity index is 1000. The second-order valence-electron chi connectivity index (χ2n) is 5.95. The quantitative estimate of drug-likeness (QED) is 0.571. The summed E-state index contributed by atoms with van der Waals surface area (Å²) >= 11 is 1.38. The zero-order chi connectivity index (χ0) is 18.1. The van der Waals surface area contributed by atoms with E-state index in [0.717, 1.165) is 21.6 Å². The Balaban J connectivity index is 1.61. The minimum atomic E-state index is -0.396. The Kier molecular flexibility index (Phi) is 4.30. The Morgan fingerprint density at radius 3 is 2.81 bits per heavy atom. The lowest BCUT2D eigenvalue weighted by Crippen LogP contribution is -2.45. The molecule has 0 saturated heterocycles. The molecule has 2 amide bonds. The third-order valence-electron chi connectivity index (χ3n) is 4.18. The van der Waals surface area contributed by atoms with Crippen LogP contribution in [0.25, 0.3) is 10.9 Å². The monoisotopic (exact) mass is 364 g/mol. The van der Waals surface area contributed by atoms with E-state index in [2.05, 4.69) is 15.3 Å². The van der Waals surface area contributed by atoms with Gasteiger partial charge in [-0.2, -0.15) is 0 Å². The molecule has 3 aromatic rings. The average Bonchev–Trinajstić information content (AvgIpc) is 2.67. The van der Waals surface area contributed by atoms with Crippen LogP contribution < -0.4 is 10.2 Å². The molecule has 2 heterocycles. The van der Waals surface area contributed by atoms with Crippen LogP contribution in [0.5, 0.6) is 0 Å². The topological polar surface area (TPSA) is 75.2 Å². The van der Waals surface area contributed by atoms with Crippen LogP contribution in [0, 0.1) is 0 Å². The minimum Gasteiger partial charge on any atom is -0.323 e. The van der Waals surface area contributed by atoms with Gasteiger partial charge in [-0.3, -0.25) is 14.5 Å². The molecule has 1 N–H and O–H groups in total. The molecule has 0 bridgehead atoms. The first-order chi connectivity index (χ1) is 12.6. The average molecular weight is 364 g/mol. The molecule has 0 fully saturated rings. The molecule has 1 aromatic heterocycles. The van der Waals surface area contributed by atoms with Crippen molar-refractivity contribution < 1.29 is 9.59 Å². The number of fused-ring (bicyclic) bond motifs is 2. The van der Waals surface area contributed by atoms with Gasteiger partial charge in [-0.25, -0.2) is 9.97 Å². The molecule has 7 heteroatoms. The fraction of sp³-hybridized carbons (Fsp3) is 0.158. The van der Waals surface area contributed by atoms with Crippen LogP contribution in [0.3, 0.4) is 0 Å². The second-order valence-corrected chi connectivity index (χ2v) is 7.28. The number of anilines is 2. The molecule has 0 spiro atoms. The number of hydrogen-bond acceptors (Lipinski definition) is 5. The lowest BCUT2D eigenvalue weighted by molar-refractivity contribution is -0.121. The van der Waals surface area contributed by atoms with Crippen molar-refractivity contribution in [1.29, 1.82) is 0 Å². The Morgan fingerprint density at radius 1 is 1.15 bits per heavy atom. The maximum atomic E-state index is 13.0. The van der Waals surface area contributed by atoms with Gasteiger partial charge < -0.3 is 5.32 Å². The van der Waals surface area contributed by atoms with Crippen LogP contribution in [0.4, 0.5) is 11.4 Å². The largest absolute Gasteiger partial charge is 0.323 e. The molecule has 1 aliphatic rings. The standard InChI is InChI=1S/C19H16N4O2S/c1-12(26-18-13-6-2-3-7-14(13)20-11-21-18)19(25)23-10-17(24)22-15-8-4-5-9-16(15)23/h2-9,11-12H,10H2,1H3,(H,22,24). The SMILES string of the molecule is CC(Sc1ncnc2ccccc12)C(=O)N1CC(=O)Nc2ccccc21. The van der Waals surface area contributed by atoms with Gasteiger partial charge in [0.25, 0.3) is 0 Å². The van der Waals surface area contributed by atoms with Gasteiger partial charge in [-0.05, 0) is 25.1 Å². The van der Waals surface area contributed by atoms with Crippen molar-refractivity contribution in [2.45, 2.75) is 17.2 Å². The van der Waals surface area contributed by atoms with E-state index in [0.29, 0.717) is 5.69 Å². The molecule has 0 aliphatic carbocycles. The summed E-state index contributed by atoms with van der Waals surface area (Å²) in [7, 11) is 0. The first-order valence-corrected chi connectivity index (χ1v) is 9.08. The Hall–Kier alpha value is -2.93. The molecule has 130 valence electrons. The smallest absolute Gasteiger partial charge is 0.244 e. The molecule has 0 saturated carbocycles. The van der Waals surface area contributed by atoms with E-state index in [1.807, 2.05) is 49.4 Å². The van der Waals surface area contributed by atoms with Crippen LogP contribution in [-0.4, -0.2) is 33.6 Å². The summed E-state index contributed by atoms with van der Waals surface area (Å²) in [5.74, 6) is -0.318. The van der Waals surface area contributed by atoms with Crippen LogP contribution in [0.1, 0.15) is 6.92 Å². The second kappa shape index (κ2) is 6.76. The van der Waals surface area contributed by atoms with Crippen molar-refractivity contribution in [2.75, 3.05) is 16.8 Å². The van der Waals surface area contributed by atoms with Crippen molar-refractivity contribution in [3.05, 3.63) is 54.9 Å². The van der Waals surface area contributed by atoms with E-state index in [-0.39, 0.29) is 18.4 Å². The summed E-state index contributed by atoms with van der Waals surface area (Å²) in [6, 6.07) is 15.0. The molecule has 26 heavy (non-hydrogen) atoms. The number of nitrogens with one attached hydrogen (secondary N) is 1. The maximum absolute atomic E-state index is 13.0. The molecule has 2 aromatic carbocycles. The maximum Gasteiger partial charge on any atom is 0.244 e. The lowest BCUT2D eigenvalue weighted by atomic mass is 10.2. The predicted molar refractivity (Wildman–Crippen MR) is 102 cm³/mol. The number of para-hydroxylation sites is 3. The molecule has 6 nitrogen and oxygen atoms in total. The first-order valence-electron chi connectivity index (χ1n) is 8.20. The fourth-order valence-corrected chi connectivity index (χ4v) is 3.91. The summed E-state index contributed by atoms with van der Waals surface area (Å²) in [5, 5.41) is 4.07. The van der Waals surface area contributed by atoms with E-state index >= 15 is 0 Å². The minimum absolute atomic E-state index is 0.0191. The number of amides is 2. The molecular weight excluding hydrogens is 348 g/mol. The van der Waals surface area contributed by atoms with Gasteiger partial charge in [0.2, 0.25) is 11.8 Å². The fourth-order valence-electron chi connectivity index (χ4n) is 2.94. The van der Waals surface area contributed by atoms with E-state index in [1.54, 1.807) is 6.07 Å². The van der Waals surface area contributed by atoms with Gasteiger partial charge in [-0.1, -0.05) is 42.1 Å². The van der Waals surface area contributed by atoms with Crippen molar-refractivity contribution in [1.82, 2.24) is 9.97 Å². The molecule has 1 aliphatic heterocycles. The first kappa shape index (κ1) is 16.5. The lowest BCUT2D eigenvalue weighted by Gasteiger charge is -2.30. The van der Waals surface area contributed by atoms with Crippen molar-refractivity contribution in [2.24, 2.45) is 0 Å². The van der Waals surface area contributed by atoms with Crippen LogP contribution in [0.15, 0.2) is 59.9 Å².